The minimum absolute atomic E-state index is 0.0376. The number of hydrogen-bond donors (Lipinski definition) is 2. The van der Waals surface area contributed by atoms with Crippen LogP contribution in [0.4, 0.5) is 10.1 Å². The van der Waals surface area contributed by atoms with Gasteiger partial charge in [0.05, 0.1) is 10.7 Å². The molecule has 0 saturated heterocycles. The van der Waals surface area contributed by atoms with Crippen molar-refractivity contribution in [2.24, 2.45) is 0 Å². The Morgan fingerprint density at radius 2 is 1.92 bits per heavy atom. The van der Waals surface area contributed by atoms with Crippen molar-refractivity contribution < 1.29 is 18.7 Å². The van der Waals surface area contributed by atoms with Crippen molar-refractivity contribution in [2.45, 2.75) is 13.0 Å². The standard InChI is InChI=1S/C17H15Cl2FN2O3/c1-10(17(24)22-14-5-3-2-4-13(14)20)21-16(23)9-25-15-8-11(18)6-7-12(15)19/h2-8,10H,9H2,1H3,(H,21,23)(H,22,24). The van der Waals surface area contributed by atoms with E-state index in [1.807, 2.05) is 0 Å². The van der Waals surface area contributed by atoms with Crippen LogP contribution in [0, 0.1) is 5.82 Å². The number of amides is 2. The highest BCUT2D eigenvalue weighted by Gasteiger charge is 2.17. The maximum absolute atomic E-state index is 13.5. The van der Waals surface area contributed by atoms with Crippen LogP contribution in [0.1, 0.15) is 6.92 Å². The third-order valence-electron chi connectivity index (χ3n) is 3.15. The lowest BCUT2D eigenvalue weighted by molar-refractivity contribution is -0.127. The molecule has 2 aromatic carbocycles. The predicted molar refractivity (Wildman–Crippen MR) is 94.6 cm³/mol. The summed E-state index contributed by atoms with van der Waals surface area (Å²) in [6.45, 7) is 1.12. The first kappa shape index (κ1) is 19.0. The molecule has 0 aliphatic carbocycles. The fourth-order valence-corrected chi connectivity index (χ4v) is 2.22. The smallest absolute Gasteiger partial charge is 0.258 e. The summed E-state index contributed by atoms with van der Waals surface area (Å²) in [6.07, 6.45) is 0. The second-order valence-electron chi connectivity index (χ2n) is 5.12. The van der Waals surface area contributed by atoms with Gasteiger partial charge in [-0.15, -0.1) is 0 Å². The Bertz CT molecular complexity index is 786. The highest BCUT2D eigenvalue weighted by molar-refractivity contribution is 6.34. The van der Waals surface area contributed by atoms with Crippen LogP contribution < -0.4 is 15.4 Å². The number of nitrogens with one attached hydrogen (secondary N) is 2. The molecule has 1 atom stereocenters. The first-order valence-electron chi connectivity index (χ1n) is 7.29. The molecule has 8 heteroatoms. The predicted octanol–water partition coefficient (Wildman–Crippen LogP) is 3.65. The van der Waals surface area contributed by atoms with Crippen LogP contribution in [0.2, 0.25) is 10.0 Å². The molecule has 0 saturated carbocycles. The van der Waals surface area contributed by atoms with Crippen LogP contribution in [0.15, 0.2) is 42.5 Å². The fraction of sp³-hybridized carbons (Fsp3) is 0.176. The van der Waals surface area contributed by atoms with E-state index >= 15 is 0 Å². The van der Waals surface area contributed by atoms with Crippen LogP contribution in [0.5, 0.6) is 5.75 Å². The Morgan fingerprint density at radius 1 is 1.20 bits per heavy atom. The van der Waals surface area contributed by atoms with Crippen molar-refractivity contribution in [3.8, 4) is 5.75 Å². The first-order valence-corrected chi connectivity index (χ1v) is 8.05. The van der Waals surface area contributed by atoms with E-state index in [0.29, 0.717) is 10.0 Å². The van der Waals surface area contributed by atoms with Crippen LogP contribution >= 0.6 is 23.2 Å². The maximum Gasteiger partial charge on any atom is 0.258 e. The molecule has 1 unspecified atom stereocenters. The third-order valence-corrected chi connectivity index (χ3v) is 3.70. The summed E-state index contributed by atoms with van der Waals surface area (Å²) >= 11 is 11.8. The topological polar surface area (TPSA) is 67.4 Å². The molecule has 2 aromatic rings. The van der Waals surface area contributed by atoms with Gasteiger partial charge in [-0.05, 0) is 31.2 Å². The van der Waals surface area contributed by atoms with E-state index in [4.69, 9.17) is 27.9 Å². The Morgan fingerprint density at radius 3 is 2.64 bits per heavy atom. The molecular formula is C17H15Cl2FN2O3. The van der Waals surface area contributed by atoms with Gasteiger partial charge in [0, 0.05) is 11.1 Å². The Kier molecular flexibility index (Phi) is 6.61. The molecule has 0 spiro atoms. The zero-order valence-electron chi connectivity index (χ0n) is 13.2. The second kappa shape index (κ2) is 8.69. The molecule has 0 aliphatic rings. The molecule has 2 rings (SSSR count). The van der Waals surface area contributed by atoms with Crippen molar-refractivity contribution >= 4 is 40.7 Å². The van der Waals surface area contributed by atoms with Crippen LogP contribution in [0.3, 0.4) is 0 Å². The van der Waals surface area contributed by atoms with E-state index in [-0.39, 0.29) is 18.0 Å². The summed E-state index contributed by atoms with van der Waals surface area (Å²) in [7, 11) is 0. The van der Waals surface area contributed by atoms with E-state index in [9.17, 15) is 14.0 Å². The van der Waals surface area contributed by atoms with Gasteiger partial charge in [0.25, 0.3) is 5.91 Å². The third kappa shape index (κ3) is 5.62. The van der Waals surface area contributed by atoms with E-state index in [2.05, 4.69) is 10.6 Å². The quantitative estimate of drug-likeness (QED) is 0.798. The van der Waals surface area contributed by atoms with Gasteiger partial charge < -0.3 is 15.4 Å². The number of carbonyl (C=O) groups is 2. The molecule has 0 fully saturated rings. The van der Waals surface area contributed by atoms with Crippen molar-refractivity contribution in [3.05, 3.63) is 58.3 Å². The summed E-state index contributed by atoms with van der Waals surface area (Å²) in [6, 6.07) is 9.47. The zero-order valence-corrected chi connectivity index (χ0v) is 14.7. The zero-order chi connectivity index (χ0) is 18.4. The molecule has 2 amide bonds. The van der Waals surface area contributed by atoms with E-state index in [1.165, 1.54) is 31.2 Å². The van der Waals surface area contributed by atoms with Crippen molar-refractivity contribution in [3.63, 3.8) is 0 Å². The van der Waals surface area contributed by atoms with Crippen LogP contribution in [0.25, 0.3) is 0 Å². The van der Waals surface area contributed by atoms with Gasteiger partial charge >= 0.3 is 0 Å². The molecule has 2 N–H and O–H groups in total. The van der Waals surface area contributed by atoms with Gasteiger partial charge in [-0.1, -0.05) is 35.3 Å². The largest absolute Gasteiger partial charge is 0.482 e. The number of anilines is 1. The highest BCUT2D eigenvalue weighted by Crippen LogP contribution is 2.27. The minimum atomic E-state index is -0.884. The Hall–Kier alpha value is -2.31. The van der Waals surface area contributed by atoms with Crippen LogP contribution in [-0.2, 0) is 9.59 Å². The summed E-state index contributed by atoms with van der Waals surface area (Å²) in [4.78, 5) is 23.9. The summed E-state index contributed by atoms with van der Waals surface area (Å²) in [5.41, 5.74) is 0.0376. The molecule has 132 valence electrons. The fourth-order valence-electron chi connectivity index (χ4n) is 1.88. The monoisotopic (exact) mass is 384 g/mol. The molecule has 0 radical (unpaired) electrons. The first-order chi connectivity index (χ1) is 11.9. The number of carbonyl (C=O) groups excluding carboxylic acids is 2. The van der Waals surface area contributed by atoms with E-state index in [0.717, 1.165) is 0 Å². The normalized spacial score (nSPS) is 11.5. The highest BCUT2D eigenvalue weighted by atomic mass is 35.5. The maximum atomic E-state index is 13.5. The van der Waals surface area contributed by atoms with Gasteiger partial charge in [-0.2, -0.15) is 0 Å². The summed E-state index contributed by atoms with van der Waals surface area (Å²) in [5.74, 6) is -1.40. The van der Waals surface area contributed by atoms with Crippen molar-refractivity contribution in [1.29, 1.82) is 0 Å². The average Bonchev–Trinajstić information content (AvgIpc) is 2.57. The Labute approximate surface area is 154 Å². The SMILES string of the molecule is CC(NC(=O)COc1cc(Cl)ccc1Cl)C(=O)Nc1ccccc1F. The van der Waals surface area contributed by atoms with Gasteiger partial charge in [-0.25, -0.2) is 4.39 Å². The molecule has 0 aliphatic heterocycles. The van der Waals surface area contributed by atoms with E-state index < -0.39 is 23.7 Å². The number of rotatable bonds is 6. The molecule has 0 bridgehead atoms. The van der Waals surface area contributed by atoms with E-state index in [1.54, 1.807) is 18.2 Å². The lowest BCUT2D eigenvalue weighted by Gasteiger charge is -2.15. The average molecular weight is 385 g/mol. The number of ether oxygens (including phenoxy) is 1. The molecule has 0 aromatic heterocycles. The summed E-state index contributed by atoms with van der Waals surface area (Å²) < 4.78 is 18.8. The van der Waals surface area contributed by atoms with Gasteiger partial charge in [0.1, 0.15) is 17.6 Å². The number of para-hydroxylation sites is 1. The molecular weight excluding hydrogens is 370 g/mol. The van der Waals surface area contributed by atoms with Crippen molar-refractivity contribution in [1.82, 2.24) is 5.32 Å². The molecule has 5 nitrogen and oxygen atoms in total. The van der Waals surface area contributed by atoms with Crippen molar-refractivity contribution in [2.75, 3.05) is 11.9 Å². The molecule has 0 heterocycles. The van der Waals surface area contributed by atoms with Crippen LogP contribution in [-0.4, -0.2) is 24.5 Å². The second-order valence-corrected chi connectivity index (χ2v) is 5.97. The number of benzene rings is 2. The Balaban J connectivity index is 1.86. The number of hydrogen-bond acceptors (Lipinski definition) is 3. The van der Waals surface area contributed by atoms with Gasteiger partial charge in [-0.3, -0.25) is 9.59 Å². The number of halogens is 3. The van der Waals surface area contributed by atoms with Gasteiger partial charge in [0.2, 0.25) is 5.91 Å². The molecule has 25 heavy (non-hydrogen) atoms. The lowest BCUT2D eigenvalue weighted by Crippen LogP contribution is -2.43. The minimum Gasteiger partial charge on any atom is -0.482 e. The summed E-state index contributed by atoms with van der Waals surface area (Å²) in [5, 5.41) is 5.57. The lowest BCUT2D eigenvalue weighted by atomic mass is 10.2. The van der Waals surface area contributed by atoms with Gasteiger partial charge in [0.15, 0.2) is 6.61 Å².